The first-order valence-electron chi connectivity index (χ1n) is 12.8. The molecule has 2 aromatic heterocycles. The Morgan fingerprint density at radius 2 is 1.68 bits per heavy atom. The quantitative estimate of drug-likeness (QED) is 0.284. The average Bonchev–Trinajstić information content (AvgIpc) is 3.36. The summed E-state index contributed by atoms with van der Waals surface area (Å²) in [4.78, 5) is 18.5. The molecule has 194 valence electrons. The Morgan fingerprint density at radius 3 is 2.42 bits per heavy atom. The van der Waals surface area contributed by atoms with Crippen LogP contribution in [0.4, 0.5) is 4.39 Å². The van der Waals surface area contributed by atoms with E-state index in [0.717, 1.165) is 34.0 Å². The lowest BCUT2D eigenvalue weighted by atomic mass is 10.0. The molecule has 1 atom stereocenters. The summed E-state index contributed by atoms with van der Waals surface area (Å²) in [6.07, 6.45) is 0.737. The summed E-state index contributed by atoms with van der Waals surface area (Å²) in [6.45, 7) is 7.69. The van der Waals surface area contributed by atoms with Gasteiger partial charge in [-0.3, -0.25) is 9.69 Å². The number of nitrogens with zero attached hydrogens (tertiary/aromatic N) is 5. The zero-order valence-corrected chi connectivity index (χ0v) is 21.9. The van der Waals surface area contributed by atoms with E-state index >= 15 is 0 Å². The van der Waals surface area contributed by atoms with Gasteiger partial charge in [-0.05, 0) is 88.7 Å². The van der Waals surface area contributed by atoms with Crippen molar-refractivity contribution >= 4 is 10.9 Å². The van der Waals surface area contributed by atoms with E-state index in [1.165, 1.54) is 17.7 Å². The van der Waals surface area contributed by atoms with E-state index in [-0.39, 0.29) is 17.4 Å². The van der Waals surface area contributed by atoms with Crippen LogP contribution in [0.1, 0.15) is 53.0 Å². The molecule has 0 radical (unpaired) electrons. The van der Waals surface area contributed by atoms with Gasteiger partial charge < -0.3 is 4.98 Å². The molecule has 38 heavy (non-hydrogen) atoms. The van der Waals surface area contributed by atoms with Crippen molar-refractivity contribution in [3.05, 3.63) is 123 Å². The topological polar surface area (TPSA) is 79.7 Å². The minimum absolute atomic E-state index is 0.0976. The molecule has 8 heteroatoms. The van der Waals surface area contributed by atoms with Crippen LogP contribution in [-0.4, -0.2) is 30.1 Å². The van der Waals surface area contributed by atoms with Gasteiger partial charge in [0.25, 0.3) is 5.56 Å². The molecular weight excluding hydrogens is 479 g/mol. The van der Waals surface area contributed by atoms with Gasteiger partial charge in [-0.25, -0.2) is 9.07 Å². The second-order valence-corrected chi connectivity index (χ2v) is 9.78. The molecular formula is C30H31FN6O. The van der Waals surface area contributed by atoms with E-state index in [9.17, 15) is 9.18 Å². The SMILES string of the molecule is CCC(c1nnnn1Cc1ccc(F)cc1)N(Cc1ccccc1)Cc1cc2cc(C)c(C)cc2[nH]c1=O. The first-order chi connectivity index (χ1) is 18.4. The highest BCUT2D eigenvalue weighted by molar-refractivity contribution is 5.80. The average molecular weight is 511 g/mol. The molecule has 0 saturated heterocycles. The van der Waals surface area contributed by atoms with Gasteiger partial charge in [-0.2, -0.15) is 0 Å². The van der Waals surface area contributed by atoms with Crippen molar-refractivity contribution in [2.24, 2.45) is 0 Å². The second kappa shape index (κ2) is 11.1. The number of aromatic nitrogens is 5. The highest BCUT2D eigenvalue weighted by atomic mass is 19.1. The molecule has 0 aliphatic rings. The molecule has 1 unspecified atom stereocenters. The van der Waals surface area contributed by atoms with Crippen molar-refractivity contribution in [3.63, 3.8) is 0 Å². The lowest BCUT2D eigenvalue weighted by Gasteiger charge is -2.30. The summed E-state index contributed by atoms with van der Waals surface area (Å²) >= 11 is 0. The minimum atomic E-state index is -0.280. The molecule has 5 aromatic rings. The molecule has 0 fully saturated rings. The predicted molar refractivity (Wildman–Crippen MR) is 146 cm³/mol. The molecule has 2 heterocycles. The van der Waals surface area contributed by atoms with Crippen LogP contribution in [0.15, 0.2) is 77.6 Å². The molecule has 0 amide bonds. The molecule has 0 spiro atoms. The maximum Gasteiger partial charge on any atom is 0.252 e. The molecule has 1 N–H and O–H groups in total. The van der Waals surface area contributed by atoms with Crippen LogP contribution < -0.4 is 5.56 Å². The molecule has 0 saturated carbocycles. The predicted octanol–water partition coefficient (Wildman–Crippen LogP) is 5.47. The number of hydrogen-bond donors (Lipinski definition) is 1. The number of aromatic amines is 1. The van der Waals surface area contributed by atoms with E-state index in [1.54, 1.807) is 16.8 Å². The Morgan fingerprint density at radius 1 is 0.947 bits per heavy atom. The maximum absolute atomic E-state index is 13.4. The summed E-state index contributed by atoms with van der Waals surface area (Å²) in [5.74, 6) is 0.425. The number of nitrogens with one attached hydrogen (secondary N) is 1. The first-order valence-corrected chi connectivity index (χ1v) is 12.8. The third-order valence-electron chi connectivity index (χ3n) is 7.07. The van der Waals surface area contributed by atoms with Crippen LogP contribution in [0.3, 0.4) is 0 Å². The number of hydrogen-bond acceptors (Lipinski definition) is 5. The first kappa shape index (κ1) is 25.5. The molecule has 5 rings (SSSR count). The third-order valence-corrected chi connectivity index (χ3v) is 7.07. The summed E-state index contributed by atoms with van der Waals surface area (Å²) < 4.78 is 15.2. The molecule has 7 nitrogen and oxygen atoms in total. The van der Waals surface area contributed by atoms with Gasteiger partial charge in [0, 0.05) is 24.2 Å². The van der Waals surface area contributed by atoms with Crippen molar-refractivity contribution in [2.45, 2.75) is 52.9 Å². The lowest BCUT2D eigenvalue weighted by molar-refractivity contribution is 0.161. The number of rotatable bonds is 9. The molecule has 0 bridgehead atoms. The third kappa shape index (κ3) is 5.55. The summed E-state index contributed by atoms with van der Waals surface area (Å²) in [7, 11) is 0. The van der Waals surface area contributed by atoms with Crippen LogP contribution in [0.2, 0.25) is 0 Å². The minimum Gasteiger partial charge on any atom is -0.322 e. The zero-order valence-electron chi connectivity index (χ0n) is 21.9. The Hall–Kier alpha value is -4.17. The second-order valence-electron chi connectivity index (χ2n) is 9.78. The van der Waals surface area contributed by atoms with Crippen LogP contribution >= 0.6 is 0 Å². The zero-order chi connectivity index (χ0) is 26.6. The summed E-state index contributed by atoms with van der Waals surface area (Å²) in [5, 5.41) is 13.6. The van der Waals surface area contributed by atoms with Gasteiger partial charge in [0.2, 0.25) is 0 Å². The number of tetrazole rings is 1. The van der Waals surface area contributed by atoms with Crippen LogP contribution in [0.25, 0.3) is 10.9 Å². The van der Waals surface area contributed by atoms with Gasteiger partial charge in [-0.1, -0.05) is 49.4 Å². The van der Waals surface area contributed by atoms with Gasteiger partial charge >= 0.3 is 0 Å². The van der Waals surface area contributed by atoms with E-state index in [2.05, 4.69) is 57.5 Å². The maximum atomic E-state index is 13.4. The van der Waals surface area contributed by atoms with E-state index in [4.69, 9.17) is 0 Å². The Kier molecular flexibility index (Phi) is 7.42. The van der Waals surface area contributed by atoms with Crippen LogP contribution in [0, 0.1) is 19.7 Å². The highest BCUT2D eigenvalue weighted by Gasteiger charge is 2.26. The summed E-state index contributed by atoms with van der Waals surface area (Å²) in [6, 6.07) is 22.5. The van der Waals surface area contributed by atoms with Crippen LogP contribution in [-0.2, 0) is 19.6 Å². The fourth-order valence-corrected chi connectivity index (χ4v) is 4.88. The monoisotopic (exact) mass is 510 g/mol. The standard InChI is InChI=1S/C30H31FN6O/c1-4-28(29-33-34-35-37(29)18-23-10-12-26(31)13-11-23)36(17-22-8-6-5-7-9-22)19-25-16-24-14-20(2)21(3)15-27(24)32-30(25)38/h5-16,28H,4,17-19H2,1-3H3,(H,32,38). The van der Waals surface area contributed by atoms with E-state index in [0.29, 0.717) is 31.0 Å². The largest absolute Gasteiger partial charge is 0.322 e. The van der Waals surface area contributed by atoms with E-state index < -0.39 is 0 Å². The highest BCUT2D eigenvalue weighted by Crippen LogP contribution is 2.27. The Labute approximate surface area is 220 Å². The number of benzene rings is 3. The number of fused-ring (bicyclic) bond motifs is 1. The van der Waals surface area contributed by atoms with Crippen molar-refractivity contribution in [3.8, 4) is 0 Å². The smallest absolute Gasteiger partial charge is 0.252 e. The van der Waals surface area contributed by atoms with Crippen LogP contribution in [0.5, 0.6) is 0 Å². The van der Waals surface area contributed by atoms with Gasteiger partial charge in [0.1, 0.15) is 5.82 Å². The van der Waals surface area contributed by atoms with Crippen molar-refractivity contribution in [2.75, 3.05) is 0 Å². The fraction of sp³-hybridized carbons (Fsp3) is 0.267. The number of H-pyrrole nitrogens is 1. The van der Waals surface area contributed by atoms with E-state index in [1.807, 2.05) is 37.3 Å². The van der Waals surface area contributed by atoms with Gasteiger partial charge in [0.15, 0.2) is 5.82 Å². The van der Waals surface area contributed by atoms with Crippen molar-refractivity contribution < 1.29 is 4.39 Å². The summed E-state index contributed by atoms with van der Waals surface area (Å²) in [5.41, 5.74) is 5.79. The number of aryl methyl sites for hydroxylation is 2. The normalized spacial score (nSPS) is 12.3. The molecule has 0 aliphatic heterocycles. The van der Waals surface area contributed by atoms with Crippen molar-refractivity contribution in [1.82, 2.24) is 30.1 Å². The molecule has 3 aromatic carbocycles. The lowest BCUT2D eigenvalue weighted by Crippen LogP contribution is -2.32. The Bertz CT molecular complexity index is 1590. The van der Waals surface area contributed by atoms with Crippen molar-refractivity contribution in [1.29, 1.82) is 0 Å². The van der Waals surface area contributed by atoms with Gasteiger partial charge in [-0.15, -0.1) is 5.10 Å². The molecule has 0 aliphatic carbocycles. The number of pyridine rings is 1. The fourth-order valence-electron chi connectivity index (χ4n) is 4.88. The number of halogens is 1. The van der Waals surface area contributed by atoms with Gasteiger partial charge in [0.05, 0.1) is 12.6 Å². The Balaban J connectivity index is 1.52.